The maximum absolute atomic E-state index is 11.7. The highest BCUT2D eigenvalue weighted by Gasteiger charge is 2.19. The van der Waals surface area contributed by atoms with Gasteiger partial charge < -0.3 is 31.1 Å². The number of rotatable bonds is 6. The number of carbonyl (C=O) groups is 2. The number of phenolic OH excluding ortho intramolecular Hbond substituents is 2. The van der Waals surface area contributed by atoms with Gasteiger partial charge in [-0.05, 0) is 24.1 Å². The van der Waals surface area contributed by atoms with E-state index in [1.165, 1.54) is 18.2 Å². The lowest BCUT2D eigenvalue weighted by atomic mass is 10.1. The molecule has 1 unspecified atom stereocenters. The first-order valence-corrected chi connectivity index (χ1v) is 6.15. The summed E-state index contributed by atoms with van der Waals surface area (Å²) in [6.07, 6.45) is -1.34. The molecule has 8 nitrogen and oxygen atoms in total. The molecule has 0 aliphatic carbocycles. The molecule has 8 heteroatoms. The molecule has 0 saturated heterocycles. The highest BCUT2D eigenvalue weighted by atomic mass is 16.5. The van der Waals surface area contributed by atoms with Crippen LogP contribution in [-0.2, 0) is 20.7 Å². The molecule has 6 N–H and O–H groups in total. The van der Waals surface area contributed by atoms with Crippen LogP contribution in [0.25, 0.3) is 0 Å². The van der Waals surface area contributed by atoms with Crippen molar-refractivity contribution in [3.8, 4) is 11.5 Å². The first-order valence-electron chi connectivity index (χ1n) is 6.15. The molecule has 0 aliphatic heterocycles. The molecule has 21 heavy (non-hydrogen) atoms. The van der Waals surface area contributed by atoms with E-state index in [1.807, 2.05) is 0 Å². The van der Waals surface area contributed by atoms with Crippen molar-refractivity contribution in [3.05, 3.63) is 23.8 Å². The summed E-state index contributed by atoms with van der Waals surface area (Å²) >= 11 is 0. The number of amides is 1. The van der Waals surface area contributed by atoms with Crippen molar-refractivity contribution in [1.29, 1.82) is 0 Å². The van der Waals surface area contributed by atoms with Gasteiger partial charge in [-0.25, -0.2) is 4.79 Å². The number of methoxy groups -OCH3 is 1. The molecule has 1 amide bonds. The Morgan fingerprint density at radius 3 is 2.57 bits per heavy atom. The molecule has 0 bridgehead atoms. The maximum atomic E-state index is 11.7. The van der Waals surface area contributed by atoms with Crippen molar-refractivity contribution in [1.82, 2.24) is 5.32 Å². The van der Waals surface area contributed by atoms with Crippen LogP contribution in [0, 0.1) is 0 Å². The van der Waals surface area contributed by atoms with Crippen molar-refractivity contribution in [2.45, 2.75) is 18.6 Å². The Labute approximate surface area is 121 Å². The second-order valence-electron chi connectivity index (χ2n) is 4.42. The summed E-state index contributed by atoms with van der Waals surface area (Å²) in [4.78, 5) is 22.7. The third-order valence-corrected chi connectivity index (χ3v) is 2.78. The minimum Gasteiger partial charge on any atom is -0.504 e. The third-order valence-electron chi connectivity index (χ3n) is 2.78. The summed E-state index contributed by atoms with van der Waals surface area (Å²) in [6, 6.07) is 3.17. The molecule has 0 spiro atoms. The molecule has 0 aromatic heterocycles. The second kappa shape index (κ2) is 7.46. The zero-order chi connectivity index (χ0) is 16.0. The van der Waals surface area contributed by atoms with Gasteiger partial charge >= 0.3 is 5.97 Å². The van der Waals surface area contributed by atoms with Crippen LogP contribution in [0.5, 0.6) is 11.5 Å². The fourth-order valence-corrected chi connectivity index (χ4v) is 1.59. The zero-order valence-electron chi connectivity index (χ0n) is 11.4. The molecule has 0 saturated carbocycles. The highest BCUT2D eigenvalue weighted by Crippen LogP contribution is 2.25. The van der Waals surface area contributed by atoms with E-state index in [-0.39, 0.29) is 24.5 Å². The number of hydrogen-bond donors (Lipinski definition) is 5. The Kier molecular flexibility index (Phi) is 5.94. The minimum atomic E-state index is -1.45. The van der Waals surface area contributed by atoms with E-state index >= 15 is 0 Å². The monoisotopic (exact) mass is 298 g/mol. The Hall–Kier alpha value is -2.32. The van der Waals surface area contributed by atoms with E-state index < -0.39 is 24.0 Å². The van der Waals surface area contributed by atoms with Crippen LogP contribution in [-0.4, -0.2) is 53.0 Å². The van der Waals surface area contributed by atoms with E-state index in [1.54, 1.807) is 0 Å². The number of benzene rings is 1. The van der Waals surface area contributed by atoms with Gasteiger partial charge in [-0.2, -0.15) is 0 Å². The molecule has 0 aliphatic rings. The van der Waals surface area contributed by atoms with Crippen molar-refractivity contribution in [2.75, 3.05) is 13.7 Å². The van der Waals surface area contributed by atoms with E-state index in [4.69, 9.17) is 5.73 Å². The molecule has 1 rings (SSSR count). The number of nitrogens with one attached hydrogen (secondary N) is 1. The molecule has 0 radical (unpaired) electrons. The van der Waals surface area contributed by atoms with Gasteiger partial charge in [-0.3, -0.25) is 4.79 Å². The molecular weight excluding hydrogens is 280 g/mol. The van der Waals surface area contributed by atoms with E-state index in [2.05, 4.69) is 10.1 Å². The third kappa shape index (κ3) is 4.93. The van der Waals surface area contributed by atoms with Crippen LogP contribution in [0.15, 0.2) is 18.2 Å². The summed E-state index contributed by atoms with van der Waals surface area (Å²) in [5, 5.41) is 30.1. The van der Waals surface area contributed by atoms with Crippen molar-refractivity contribution >= 4 is 11.9 Å². The maximum Gasteiger partial charge on any atom is 0.336 e. The summed E-state index contributed by atoms with van der Waals surface area (Å²) in [7, 11) is 1.12. The Morgan fingerprint density at radius 2 is 2.00 bits per heavy atom. The lowest BCUT2D eigenvalue weighted by molar-refractivity contribution is -0.150. The molecule has 1 aromatic rings. The number of carbonyl (C=O) groups excluding carboxylic acids is 2. The largest absolute Gasteiger partial charge is 0.504 e. The van der Waals surface area contributed by atoms with Gasteiger partial charge in [0.25, 0.3) is 0 Å². The van der Waals surface area contributed by atoms with Crippen molar-refractivity contribution < 1.29 is 29.6 Å². The average Bonchev–Trinajstić information content (AvgIpc) is 2.47. The van der Waals surface area contributed by atoms with E-state index in [0.29, 0.717) is 5.56 Å². The Balaban J connectivity index is 2.51. The van der Waals surface area contributed by atoms with Crippen molar-refractivity contribution in [3.63, 3.8) is 0 Å². The van der Waals surface area contributed by atoms with Crippen LogP contribution in [0.3, 0.4) is 0 Å². The zero-order valence-corrected chi connectivity index (χ0v) is 11.4. The number of hydrogen-bond acceptors (Lipinski definition) is 7. The van der Waals surface area contributed by atoms with E-state index in [9.17, 15) is 24.9 Å². The molecule has 1 aromatic carbocycles. The summed E-state index contributed by atoms with van der Waals surface area (Å²) < 4.78 is 4.30. The smallest absolute Gasteiger partial charge is 0.336 e. The van der Waals surface area contributed by atoms with Crippen LogP contribution >= 0.6 is 0 Å². The van der Waals surface area contributed by atoms with Crippen LogP contribution < -0.4 is 11.1 Å². The first kappa shape index (κ1) is 16.7. The van der Waals surface area contributed by atoms with Gasteiger partial charge in [0.05, 0.1) is 19.7 Å². The number of aliphatic hydroxyl groups excluding tert-OH is 1. The fourth-order valence-electron chi connectivity index (χ4n) is 1.59. The molecule has 0 fully saturated rings. The lowest BCUT2D eigenvalue weighted by Gasteiger charge is -2.14. The van der Waals surface area contributed by atoms with Gasteiger partial charge in [0.2, 0.25) is 5.91 Å². The number of aromatic hydroxyl groups is 2. The molecular formula is C13H18N2O6. The number of nitrogens with two attached hydrogens (primary N) is 1. The van der Waals surface area contributed by atoms with Crippen LogP contribution in [0.1, 0.15) is 5.56 Å². The Morgan fingerprint density at radius 1 is 1.33 bits per heavy atom. The molecule has 0 heterocycles. The minimum absolute atomic E-state index is 0.119. The molecule has 116 valence electrons. The second-order valence-corrected chi connectivity index (χ2v) is 4.42. The summed E-state index contributed by atoms with van der Waals surface area (Å²) in [6.45, 7) is -0.306. The first-order chi connectivity index (χ1) is 9.85. The highest BCUT2D eigenvalue weighted by molar-refractivity contribution is 5.83. The summed E-state index contributed by atoms with van der Waals surface area (Å²) in [5.41, 5.74) is 6.24. The average molecular weight is 298 g/mol. The van der Waals surface area contributed by atoms with Gasteiger partial charge in [0, 0.05) is 0 Å². The number of esters is 1. The molecule has 2 atom stereocenters. The number of phenols is 2. The van der Waals surface area contributed by atoms with Gasteiger partial charge in [0.1, 0.15) is 0 Å². The van der Waals surface area contributed by atoms with Crippen LogP contribution in [0.4, 0.5) is 0 Å². The van der Waals surface area contributed by atoms with Gasteiger partial charge in [-0.15, -0.1) is 0 Å². The SMILES string of the molecule is COC(=O)C(O)CNC(=O)[C@@H](N)Cc1ccc(O)c(O)c1. The predicted octanol–water partition coefficient (Wildman–Crippen LogP) is -1.38. The summed E-state index contributed by atoms with van der Waals surface area (Å²) in [5.74, 6) is -1.99. The predicted molar refractivity (Wildman–Crippen MR) is 72.5 cm³/mol. The standard InChI is InChI=1S/C13H18N2O6/c1-21-13(20)11(18)6-15-12(19)8(14)4-7-2-3-9(16)10(17)5-7/h2-3,5,8,11,16-18H,4,6,14H2,1H3,(H,15,19)/t8-,11?/m0/s1. The normalized spacial score (nSPS) is 13.3. The van der Waals surface area contributed by atoms with Gasteiger partial charge in [0.15, 0.2) is 17.6 Å². The number of aliphatic hydroxyl groups is 1. The topological polar surface area (TPSA) is 142 Å². The lowest BCUT2D eigenvalue weighted by Crippen LogP contribution is -2.46. The van der Waals surface area contributed by atoms with Gasteiger partial charge in [-0.1, -0.05) is 6.07 Å². The Bertz CT molecular complexity index is 519. The van der Waals surface area contributed by atoms with Crippen LogP contribution in [0.2, 0.25) is 0 Å². The van der Waals surface area contributed by atoms with E-state index in [0.717, 1.165) is 7.11 Å². The fraction of sp³-hybridized carbons (Fsp3) is 0.385. The quantitative estimate of drug-likeness (QED) is 0.322. The van der Waals surface area contributed by atoms with Crippen molar-refractivity contribution in [2.24, 2.45) is 5.73 Å². The number of ether oxygens (including phenoxy) is 1.